The number of hydrogen-bond donors (Lipinski definition) is 1. The number of aromatic hydroxyl groups is 1. The Morgan fingerprint density at radius 3 is 2.23 bits per heavy atom. The average molecular weight is 411 g/mol. The number of benzene rings is 3. The minimum absolute atomic E-state index is 0.313. The van der Waals surface area contributed by atoms with Gasteiger partial charge in [-0.05, 0) is 85.1 Å². The van der Waals surface area contributed by atoms with Gasteiger partial charge >= 0.3 is 0 Å². The third kappa shape index (κ3) is 5.98. The number of hydrogen-bond acceptors (Lipinski definition) is 1. The lowest BCUT2D eigenvalue weighted by molar-refractivity contribution is 0.475. The number of phenols is 1. The molecule has 1 aliphatic carbocycles. The lowest BCUT2D eigenvalue weighted by Crippen LogP contribution is -2.01. The van der Waals surface area contributed by atoms with Crippen LogP contribution in [0, 0.1) is 6.92 Å². The summed E-state index contributed by atoms with van der Waals surface area (Å²) in [5.41, 5.74) is 9.15. The summed E-state index contributed by atoms with van der Waals surface area (Å²) in [5, 5.41) is 9.79. The molecule has 1 heteroatoms. The van der Waals surface area contributed by atoms with Crippen LogP contribution in [0.2, 0.25) is 0 Å². The standard InChI is InChI=1S/C23H26O.C7H8/c1-4-16(2)22-13-12-19(18-9-7-10-20(24)14-18)15-23(22)21-11-6-5-8-17(21)3;1-7-5-3-2-4-6-7/h6-7,9-16,24H,4-5,8H2,1-3H3;2-6H,1H3. The first-order valence-corrected chi connectivity index (χ1v) is 11.3. The lowest BCUT2D eigenvalue weighted by Gasteiger charge is -2.21. The molecule has 0 amide bonds. The minimum atomic E-state index is 0.313. The molecule has 0 aromatic heterocycles. The van der Waals surface area contributed by atoms with Gasteiger partial charge in [0, 0.05) is 0 Å². The Hall–Kier alpha value is -3.06. The van der Waals surface area contributed by atoms with Crippen LogP contribution >= 0.6 is 0 Å². The molecule has 31 heavy (non-hydrogen) atoms. The Bertz CT molecular complexity index is 1060. The molecule has 0 fully saturated rings. The Balaban J connectivity index is 0.000000330. The average Bonchev–Trinajstić information content (AvgIpc) is 2.79. The highest BCUT2D eigenvalue weighted by Gasteiger charge is 2.16. The molecule has 0 spiro atoms. The van der Waals surface area contributed by atoms with Crippen LogP contribution < -0.4 is 0 Å². The van der Waals surface area contributed by atoms with Crippen molar-refractivity contribution in [1.29, 1.82) is 0 Å². The van der Waals surface area contributed by atoms with E-state index in [1.807, 2.05) is 30.3 Å². The van der Waals surface area contributed by atoms with E-state index in [9.17, 15) is 5.11 Å². The monoisotopic (exact) mass is 410 g/mol. The maximum atomic E-state index is 9.79. The van der Waals surface area contributed by atoms with Crippen molar-refractivity contribution < 1.29 is 5.11 Å². The van der Waals surface area contributed by atoms with Crippen molar-refractivity contribution >= 4 is 5.57 Å². The zero-order valence-electron chi connectivity index (χ0n) is 19.2. The highest BCUT2D eigenvalue weighted by atomic mass is 16.3. The summed E-state index contributed by atoms with van der Waals surface area (Å²) in [6, 6.07) is 24.5. The number of allylic oxidation sites excluding steroid dienone is 4. The van der Waals surface area contributed by atoms with Crippen molar-refractivity contribution in [2.75, 3.05) is 0 Å². The van der Waals surface area contributed by atoms with E-state index in [1.54, 1.807) is 6.07 Å². The molecule has 4 rings (SSSR count). The third-order valence-corrected chi connectivity index (χ3v) is 6.04. The Morgan fingerprint density at radius 2 is 1.61 bits per heavy atom. The smallest absolute Gasteiger partial charge is 0.116 e. The van der Waals surface area contributed by atoms with Crippen molar-refractivity contribution in [3.8, 4) is 16.9 Å². The van der Waals surface area contributed by atoms with Crippen LogP contribution in [0.1, 0.15) is 62.6 Å². The van der Waals surface area contributed by atoms with Crippen molar-refractivity contribution in [2.24, 2.45) is 0 Å². The first-order valence-electron chi connectivity index (χ1n) is 11.3. The predicted octanol–water partition coefficient (Wildman–Crippen LogP) is 8.69. The van der Waals surface area contributed by atoms with Crippen LogP contribution in [0.3, 0.4) is 0 Å². The van der Waals surface area contributed by atoms with Crippen molar-refractivity contribution in [3.63, 3.8) is 0 Å². The molecule has 3 aromatic rings. The fraction of sp³-hybridized carbons (Fsp3) is 0.267. The van der Waals surface area contributed by atoms with Crippen LogP contribution in [-0.2, 0) is 0 Å². The second kappa shape index (κ2) is 10.8. The van der Waals surface area contributed by atoms with E-state index in [2.05, 4.69) is 76.2 Å². The van der Waals surface area contributed by atoms with Gasteiger partial charge in [-0.25, -0.2) is 0 Å². The molecule has 0 aliphatic heterocycles. The molecule has 1 unspecified atom stereocenters. The summed E-state index contributed by atoms with van der Waals surface area (Å²) in [5.74, 6) is 0.849. The SMILES string of the molecule is CCC(C)c1ccc(-c2cccc(O)c2)cc1C1=C(C)CCC=C1.Cc1ccccc1. The van der Waals surface area contributed by atoms with Crippen LogP contribution in [0.5, 0.6) is 5.75 Å². The van der Waals surface area contributed by atoms with Crippen molar-refractivity contribution in [2.45, 2.75) is 52.9 Å². The molecule has 0 radical (unpaired) electrons. The Kier molecular flexibility index (Phi) is 7.89. The van der Waals surface area contributed by atoms with Gasteiger partial charge in [0.1, 0.15) is 5.75 Å². The van der Waals surface area contributed by atoms with E-state index in [-0.39, 0.29) is 0 Å². The van der Waals surface area contributed by atoms with Crippen LogP contribution in [-0.4, -0.2) is 5.11 Å². The Labute approximate surface area is 187 Å². The lowest BCUT2D eigenvalue weighted by atomic mass is 9.84. The molecule has 3 aromatic carbocycles. The molecule has 0 bridgehead atoms. The molecule has 1 aliphatic rings. The molecule has 1 N–H and O–H groups in total. The van der Waals surface area contributed by atoms with Crippen LogP contribution in [0.25, 0.3) is 16.7 Å². The largest absolute Gasteiger partial charge is 0.508 e. The fourth-order valence-electron chi connectivity index (χ4n) is 3.94. The molecule has 0 heterocycles. The van der Waals surface area contributed by atoms with Gasteiger partial charge in [0.25, 0.3) is 0 Å². The van der Waals surface area contributed by atoms with Crippen molar-refractivity contribution in [1.82, 2.24) is 0 Å². The van der Waals surface area contributed by atoms with Gasteiger partial charge in [0.05, 0.1) is 0 Å². The van der Waals surface area contributed by atoms with E-state index in [0.717, 1.165) is 30.4 Å². The molecular weight excluding hydrogens is 376 g/mol. The fourth-order valence-corrected chi connectivity index (χ4v) is 3.94. The summed E-state index contributed by atoms with van der Waals surface area (Å²) in [6.07, 6.45) is 7.98. The topological polar surface area (TPSA) is 20.2 Å². The van der Waals surface area contributed by atoms with Gasteiger partial charge in [0.15, 0.2) is 0 Å². The highest BCUT2D eigenvalue weighted by Crippen LogP contribution is 2.36. The van der Waals surface area contributed by atoms with Crippen LogP contribution in [0.4, 0.5) is 0 Å². The van der Waals surface area contributed by atoms with Gasteiger partial charge in [-0.3, -0.25) is 0 Å². The molecule has 160 valence electrons. The van der Waals surface area contributed by atoms with Gasteiger partial charge in [-0.15, -0.1) is 0 Å². The van der Waals surface area contributed by atoms with Crippen molar-refractivity contribution in [3.05, 3.63) is 107 Å². The van der Waals surface area contributed by atoms with Gasteiger partial charge < -0.3 is 5.11 Å². The van der Waals surface area contributed by atoms with Gasteiger partial charge in [-0.1, -0.05) is 91.7 Å². The molecule has 0 saturated heterocycles. The van der Waals surface area contributed by atoms with Gasteiger partial charge in [-0.2, -0.15) is 0 Å². The number of aryl methyl sites for hydroxylation is 1. The van der Waals surface area contributed by atoms with Crippen LogP contribution in [0.15, 0.2) is 90.5 Å². The quantitative estimate of drug-likeness (QED) is 0.456. The normalized spacial score (nSPS) is 14.1. The summed E-state index contributed by atoms with van der Waals surface area (Å²) in [7, 11) is 0. The second-order valence-electron chi connectivity index (χ2n) is 8.45. The minimum Gasteiger partial charge on any atom is -0.508 e. The number of phenolic OH excluding ortho intramolecular Hbond substituents is 1. The predicted molar refractivity (Wildman–Crippen MR) is 134 cm³/mol. The zero-order chi connectivity index (χ0) is 22.2. The molecular formula is C30H34O. The molecule has 1 nitrogen and oxygen atoms in total. The summed E-state index contributed by atoms with van der Waals surface area (Å²) < 4.78 is 0. The first-order chi connectivity index (χ1) is 15.0. The van der Waals surface area contributed by atoms with E-state index in [1.165, 1.54) is 27.8 Å². The summed E-state index contributed by atoms with van der Waals surface area (Å²) in [6.45, 7) is 8.88. The van der Waals surface area contributed by atoms with E-state index in [0.29, 0.717) is 11.7 Å². The van der Waals surface area contributed by atoms with E-state index < -0.39 is 0 Å². The van der Waals surface area contributed by atoms with E-state index >= 15 is 0 Å². The second-order valence-corrected chi connectivity index (χ2v) is 8.45. The molecule has 0 saturated carbocycles. The zero-order valence-corrected chi connectivity index (χ0v) is 19.2. The maximum Gasteiger partial charge on any atom is 0.116 e. The summed E-state index contributed by atoms with van der Waals surface area (Å²) in [4.78, 5) is 0. The molecule has 1 atom stereocenters. The van der Waals surface area contributed by atoms with Gasteiger partial charge in [0.2, 0.25) is 0 Å². The van der Waals surface area contributed by atoms with E-state index in [4.69, 9.17) is 0 Å². The third-order valence-electron chi connectivity index (χ3n) is 6.04. The Morgan fingerprint density at radius 1 is 0.871 bits per heavy atom. The summed E-state index contributed by atoms with van der Waals surface area (Å²) >= 11 is 0. The highest BCUT2D eigenvalue weighted by molar-refractivity contribution is 5.82. The first kappa shape index (κ1) is 22.6. The number of rotatable bonds is 4. The maximum absolute atomic E-state index is 9.79.